The van der Waals surface area contributed by atoms with E-state index in [0.29, 0.717) is 6.42 Å². The van der Waals surface area contributed by atoms with Crippen LogP contribution in [-0.2, 0) is 9.59 Å². The summed E-state index contributed by atoms with van der Waals surface area (Å²) in [5.41, 5.74) is 5.06. The molecule has 0 saturated heterocycles. The van der Waals surface area contributed by atoms with E-state index in [1.807, 2.05) is 6.92 Å². The third-order valence-electron chi connectivity index (χ3n) is 4.16. The van der Waals surface area contributed by atoms with Crippen molar-refractivity contribution in [3.63, 3.8) is 0 Å². The molecule has 0 spiro atoms. The normalized spacial score (nSPS) is 12.3. The second-order valence-electron chi connectivity index (χ2n) is 6.30. The third kappa shape index (κ3) is 13.9. The third-order valence-corrected chi connectivity index (χ3v) is 4.16. The molecule has 0 aliphatic rings. The summed E-state index contributed by atoms with van der Waals surface area (Å²) in [5, 5.41) is 0. The molecule has 0 aromatic carbocycles. The first kappa shape index (κ1) is 20.1. The van der Waals surface area contributed by atoms with Crippen molar-refractivity contribution in [2.75, 3.05) is 0 Å². The standard InChI is InChI=1S/C18H35NO2/c1-3-4-5-6-7-8-9-10-11-12-13-16(2)17(20)14-15-18(19)21/h16H,3-15H2,1-2H3,(H2,19,21). The fourth-order valence-electron chi connectivity index (χ4n) is 2.59. The van der Waals surface area contributed by atoms with E-state index < -0.39 is 0 Å². The summed E-state index contributed by atoms with van der Waals surface area (Å²) >= 11 is 0. The number of rotatable bonds is 15. The molecule has 0 rings (SSSR count). The zero-order valence-electron chi connectivity index (χ0n) is 14.2. The van der Waals surface area contributed by atoms with E-state index in [2.05, 4.69) is 6.92 Å². The van der Waals surface area contributed by atoms with E-state index in [9.17, 15) is 9.59 Å². The number of amides is 1. The number of hydrogen-bond acceptors (Lipinski definition) is 2. The lowest BCUT2D eigenvalue weighted by Gasteiger charge is -2.09. The van der Waals surface area contributed by atoms with E-state index >= 15 is 0 Å². The molecule has 0 aliphatic carbocycles. The maximum atomic E-state index is 11.7. The quantitative estimate of drug-likeness (QED) is 0.443. The van der Waals surface area contributed by atoms with Crippen LogP contribution in [0.2, 0.25) is 0 Å². The number of hydrogen-bond donors (Lipinski definition) is 1. The van der Waals surface area contributed by atoms with Crippen LogP contribution >= 0.6 is 0 Å². The fourth-order valence-corrected chi connectivity index (χ4v) is 2.59. The highest BCUT2D eigenvalue weighted by molar-refractivity contribution is 5.85. The maximum Gasteiger partial charge on any atom is 0.217 e. The molecular weight excluding hydrogens is 262 g/mol. The molecule has 1 amide bonds. The van der Waals surface area contributed by atoms with Crippen molar-refractivity contribution in [1.29, 1.82) is 0 Å². The van der Waals surface area contributed by atoms with Gasteiger partial charge in [-0.05, 0) is 6.42 Å². The Morgan fingerprint density at radius 2 is 1.29 bits per heavy atom. The number of nitrogens with two attached hydrogens (primary N) is 1. The molecule has 0 bridgehead atoms. The molecule has 1 atom stereocenters. The van der Waals surface area contributed by atoms with E-state index in [-0.39, 0.29) is 24.0 Å². The molecule has 124 valence electrons. The second kappa shape index (κ2) is 14.1. The minimum absolute atomic E-state index is 0.0818. The van der Waals surface area contributed by atoms with Crippen molar-refractivity contribution in [1.82, 2.24) is 0 Å². The molecule has 2 N–H and O–H groups in total. The van der Waals surface area contributed by atoms with Gasteiger partial charge in [0.1, 0.15) is 5.78 Å². The average molecular weight is 297 g/mol. The van der Waals surface area contributed by atoms with E-state index in [1.54, 1.807) is 0 Å². The van der Waals surface area contributed by atoms with Gasteiger partial charge in [0.05, 0.1) is 0 Å². The second-order valence-corrected chi connectivity index (χ2v) is 6.30. The smallest absolute Gasteiger partial charge is 0.217 e. The minimum Gasteiger partial charge on any atom is -0.370 e. The molecule has 0 aliphatic heterocycles. The maximum absolute atomic E-state index is 11.7. The lowest BCUT2D eigenvalue weighted by molar-refractivity contribution is -0.126. The van der Waals surface area contributed by atoms with Gasteiger partial charge in [0, 0.05) is 18.8 Å². The molecule has 0 fully saturated rings. The van der Waals surface area contributed by atoms with Crippen LogP contribution in [0.25, 0.3) is 0 Å². The van der Waals surface area contributed by atoms with Crippen molar-refractivity contribution in [2.24, 2.45) is 11.7 Å². The van der Waals surface area contributed by atoms with Crippen LogP contribution in [0.5, 0.6) is 0 Å². The topological polar surface area (TPSA) is 60.2 Å². The number of carbonyl (C=O) groups excluding carboxylic acids is 2. The highest BCUT2D eigenvalue weighted by Gasteiger charge is 2.13. The van der Waals surface area contributed by atoms with Gasteiger partial charge in [-0.2, -0.15) is 0 Å². The molecule has 0 heterocycles. The van der Waals surface area contributed by atoms with Crippen LogP contribution in [-0.4, -0.2) is 11.7 Å². The molecule has 1 unspecified atom stereocenters. The van der Waals surface area contributed by atoms with E-state index in [1.165, 1.54) is 57.8 Å². The Balaban J connectivity index is 3.33. The predicted molar refractivity (Wildman–Crippen MR) is 89.1 cm³/mol. The molecular formula is C18H35NO2. The van der Waals surface area contributed by atoms with Gasteiger partial charge < -0.3 is 5.73 Å². The molecule has 3 nitrogen and oxygen atoms in total. The molecule has 3 heteroatoms. The van der Waals surface area contributed by atoms with Crippen molar-refractivity contribution < 1.29 is 9.59 Å². The Morgan fingerprint density at radius 1 is 0.810 bits per heavy atom. The zero-order valence-corrected chi connectivity index (χ0v) is 14.2. The van der Waals surface area contributed by atoms with E-state index in [0.717, 1.165) is 12.8 Å². The number of unbranched alkanes of at least 4 members (excludes halogenated alkanes) is 9. The van der Waals surface area contributed by atoms with Crippen molar-refractivity contribution in [2.45, 2.75) is 97.3 Å². The summed E-state index contributed by atoms with van der Waals surface area (Å²) in [6.45, 7) is 4.22. The van der Waals surface area contributed by atoms with Crippen molar-refractivity contribution in [3.05, 3.63) is 0 Å². The van der Waals surface area contributed by atoms with Gasteiger partial charge in [-0.25, -0.2) is 0 Å². The summed E-state index contributed by atoms with van der Waals surface area (Å²) in [6.07, 6.45) is 14.6. The summed E-state index contributed by atoms with van der Waals surface area (Å²) < 4.78 is 0. The first-order chi connectivity index (χ1) is 10.1. The van der Waals surface area contributed by atoms with Crippen molar-refractivity contribution >= 4 is 11.7 Å². The van der Waals surface area contributed by atoms with Gasteiger partial charge >= 0.3 is 0 Å². The van der Waals surface area contributed by atoms with Gasteiger partial charge in [0.2, 0.25) is 5.91 Å². The lowest BCUT2D eigenvalue weighted by atomic mass is 9.95. The molecule has 0 aromatic rings. The van der Waals surface area contributed by atoms with Crippen LogP contribution in [0.3, 0.4) is 0 Å². The van der Waals surface area contributed by atoms with Crippen LogP contribution in [0.1, 0.15) is 97.3 Å². The number of ketones is 1. The van der Waals surface area contributed by atoms with Crippen LogP contribution in [0.4, 0.5) is 0 Å². The van der Waals surface area contributed by atoms with Crippen LogP contribution in [0.15, 0.2) is 0 Å². The van der Waals surface area contributed by atoms with Gasteiger partial charge in [0.25, 0.3) is 0 Å². The summed E-state index contributed by atoms with van der Waals surface area (Å²) in [4.78, 5) is 22.4. The summed E-state index contributed by atoms with van der Waals surface area (Å²) in [6, 6.07) is 0. The fraction of sp³-hybridized carbons (Fsp3) is 0.889. The van der Waals surface area contributed by atoms with Gasteiger partial charge in [0.15, 0.2) is 0 Å². The van der Waals surface area contributed by atoms with E-state index in [4.69, 9.17) is 5.73 Å². The highest BCUT2D eigenvalue weighted by Crippen LogP contribution is 2.15. The first-order valence-electron chi connectivity index (χ1n) is 8.89. The Hall–Kier alpha value is -0.860. The zero-order chi connectivity index (χ0) is 15.9. The molecule has 0 saturated carbocycles. The minimum atomic E-state index is -0.380. The summed E-state index contributed by atoms with van der Waals surface area (Å²) in [5.74, 6) is -0.113. The molecule has 0 aromatic heterocycles. The Labute approximate surface area is 131 Å². The lowest BCUT2D eigenvalue weighted by Crippen LogP contribution is -2.16. The van der Waals surface area contributed by atoms with Gasteiger partial charge in [-0.3, -0.25) is 9.59 Å². The average Bonchev–Trinajstić information content (AvgIpc) is 2.46. The SMILES string of the molecule is CCCCCCCCCCCCC(C)C(=O)CCC(N)=O. The van der Waals surface area contributed by atoms with Crippen molar-refractivity contribution in [3.8, 4) is 0 Å². The Bertz CT molecular complexity index is 276. The molecule has 21 heavy (non-hydrogen) atoms. The summed E-state index contributed by atoms with van der Waals surface area (Å²) in [7, 11) is 0. The number of primary amides is 1. The molecule has 0 radical (unpaired) electrons. The largest absolute Gasteiger partial charge is 0.370 e. The number of carbonyl (C=O) groups is 2. The van der Waals surface area contributed by atoms with Gasteiger partial charge in [-0.15, -0.1) is 0 Å². The predicted octanol–water partition coefficient (Wildman–Crippen LogP) is 4.77. The van der Waals surface area contributed by atoms with Crippen LogP contribution in [0, 0.1) is 5.92 Å². The van der Waals surface area contributed by atoms with Gasteiger partial charge in [-0.1, -0.05) is 78.1 Å². The Kier molecular flexibility index (Phi) is 13.5. The monoisotopic (exact) mass is 297 g/mol. The van der Waals surface area contributed by atoms with Crippen LogP contribution < -0.4 is 5.73 Å². The number of Topliss-reactive ketones (excluding diaryl/α,β-unsaturated/α-hetero) is 1. The Morgan fingerprint density at radius 3 is 1.76 bits per heavy atom. The highest BCUT2D eigenvalue weighted by atomic mass is 16.1. The first-order valence-corrected chi connectivity index (χ1v) is 8.89.